The molecule has 1 saturated heterocycles. The summed E-state index contributed by atoms with van der Waals surface area (Å²) >= 11 is 0. The fourth-order valence-corrected chi connectivity index (χ4v) is 4.93. The molecule has 27 heavy (non-hydrogen) atoms. The van der Waals surface area contributed by atoms with E-state index in [1.165, 1.54) is 9.87 Å². The van der Waals surface area contributed by atoms with Crippen LogP contribution < -0.4 is 9.47 Å². The van der Waals surface area contributed by atoms with Gasteiger partial charge in [0.25, 0.3) is 0 Å². The number of likely N-dealkylation sites (N-methyl/N-ethyl adjacent to an activating group) is 1. The highest BCUT2D eigenvalue weighted by molar-refractivity contribution is 7.89. The molecular formula is C19H23N3O4S. The van der Waals surface area contributed by atoms with E-state index in [0.717, 1.165) is 13.1 Å². The van der Waals surface area contributed by atoms with Crippen molar-refractivity contribution >= 4 is 10.0 Å². The zero-order valence-electron chi connectivity index (χ0n) is 15.2. The molecule has 0 aliphatic carbocycles. The van der Waals surface area contributed by atoms with Crippen LogP contribution in [0.1, 0.15) is 12.5 Å². The van der Waals surface area contributed by atoms with Crippen molar-refractivity contribution in [3.8, 4) is 11.5 Å². The Morgan fingerprint density at radius 2 is 1.81 bits per heavy atom. The van der Waals surface area contributed by atoms with Gasteiger partial charge in [-0.05, 0) is 36.4 Å². The lowest BCUT2D eigenvalue weighted by atomic mass is 10.1. The third-order valence-electron chi connectivity index (χ3n) is 5.04. The monoisotopic (exact) mass is 389 g/mol. The van der Waals surface area contributed by atoms with E-state index in [-0.39, 0.29) is 10.9 Å². The summed E-state index contributed by atoms with van der Waals surface area (Å²) in [4.78, 5) is 6.59. The van der Waals surface area contributed by atoms with Crippen molar-refractivity contribution in [3.05, 3.63) is 48.3 Å². The zero-order chi connectivity index (χ0) is 18.9. The van der Waals surface area contributed by atoms with E-state index in [2.05, 4.69) is 16.8 Å². The van der Waals surface area contributed by atoms with Gasteiger partial charge in [-0.1, -0.05) is 6.92 Å². The number of aromatic nitrogens is 1. The van der Waals surface area contributed by atoms with Gasteiger partial charge in [0, 0.05) is 44.1 Å². The number of benzene rings is 1. The highest BCUT2D eigenvalue weighted by atomic mass is 32.2. The first-order valence-corrected chi connectivity index (χ1v) is 10.5. The van der Waals surface area contributed by atoms with E-state index in [1.54, 1.807) is 30.6 Å². The molecule has 4 rings (SSSR count). The van der Waals surface area contributed by atoms with Crippen LogP contribution in [0.2, 0.25) is 0 Å². The Hall–Kier alpha value is -2.16. The second-order valence-corrected chi connectivity index (χ2v) is 8.64. The molecule has 1 aromatic heterocycles. The lowest BCUT2D eigenvalue weighted by Crippen LogP contribution is -2.60. The third kappa shape index (κ3) is 3.65. The van der Waals surface area contributed by atoms with Crippen LogP contribution in [0.15, 0.2) is 47.6 Å². The Morgan fingerprint density at radius 3 is 2.52 bits per heavy atom. The zero-order valence-corrected chi connectivity index (χ0v) is 16.1. The smallest absolute Gasteiger partial charge is 0.243 e. The van der Waals surface area contributed by atoms with Gasteiger partial charge in [-0.3, -0.25) is 9.88 Å². The first-order chi connectivity index (χ1) is 13.1. The average Bonchev–Trinajstić information content (AvgIpc) is 2.66. The van der Waals surface area contributed by atoms with E-state index in [1.807, 2.05) is 12.1 Å². The van der Waals surface area contributed by atoms with E-state index in [0.29, 0.717) is 37.8 Å². The topological polar surface area (TPSA) is 72.0 Å². The van der Waals surface area contributed by atoms with Crippen molar-refractivity contribution < 1.29 is 17.9 Å². The van der Waals surface area contributed by atoms with Crippen molar-refractivity contribution in [1.29, 1.82) is 0 Å². The van der Waals surface area contributed by atoms with Crippen LogP contribution in [-0.2, 0) is 16.6 Å². The number of hydrogen-bond acceptors (Lipinski definition) is 6. The highest BCUT2D eigenvalue weighted by Gasteiger charge is 2.39. The molecule has 0 radical (unpaired) electrons. The summed E-state index contributed by atoms with van der Waals surface area (Å²) in [7, 11) is -3.52. The molecule has 2 aromatic rings. The number of hydrogen-bond donors (Lipinski definition) is 0. The fourth-order valence-electron chi connectivity index (χ4n) is 3.40. The van der Waals surface area contributed by atoms with Gasteiger partial charge in [-0.15, -0.1) is 0 Å². The molecule has 0 atom stereocenters. The summed E-state index contributed by atoms with van der Waals surface area (Å²) in [5.74, 6) is 1.09. The standard InChI is InChI=1S/C19H23N3O4S/c1-2-21(12-15-5-7-20-8-6-15)16-13-22(14-16)27(23,24)17-3-4-18-19(11-17)26-10-9-25-18/h3-8,11,16H,2,9-10,12-14H2,1H3. The van der Waals surface area contributed by atoms with Crippen LogP contribution in [0.4, 0.5) is 0 Å². The number of nitrogens with zero attached hydrogens (tertiary/aromatic N) is 3. The molecule has 1 aromatic carbocycles. The van der Waals surface area contributed by atoms with Crippen LogP contribution in [0.5, 0.6) is 11.5 Å². The van der Waals surface area contributed by atoms with Crippen LogP contribution in [-0.4, -0.2) is 61.5 Å². The normalized spacial score (nSPS) is 17.7. The Balaban J connectivity index is 1.43. The Bertz CT molecular complexity index is 898. The van der Waals surface area contributed by atoms with Crippen LogP contribution in [0.3, 0.4) is 0 Å². The van der Waals surface area contributed by atoms with Crippen molar-refractivity contribution in [2.75, 3.05) is 32.8 Å². The first kappa shape index (κ1) is 18.2. The predicted molar refractivity (Wildman–Crippen MR) is 100 cm³/mol. The van der Waals surface area contributed by atoms with E-state index >= 15 is 0 Å². The summed E-state index contributed by atoms with van der Waals surface area (Å²) in [6.07, 6.45) is 3.56. The molecule has 1 fully saturated rings. The van der Waals surface area contributed by atoms with Gasteiger partial charge < -0.3 is 9.47 Å². The van der Waals surface area contributed by atoms with E-state index in [4.69, 9.17) is 9.47 Å². The van der Waals surface area contributed by atoms with E-state index in [9.17, 15) is 8.42 Å². The molecule has 144 valence electrons. The Labute approximate surface area is 159 Å². The van der Waals surface area contributed by atoms with Crippen LogP contribution in [0, 0.1) is 0 Å². The Kier molecular flexibility index (Phi) is 5.03. The number of fused-ring (bicyclic) bond motifs is 1. The minimum atomic E-state index is -3.52. The maximum atomic E-state index is 12.9. The fraction of sp³-hybridized carbons (Fsp3) is 0.421. The van der Waals surface area contributed by atoms with Crippen molar-refractivity contribution in [2.45, 2.75) is 24.4 Å². The summed E-state index contributed by atoms with van der Waals surface area (Å²) in [5.41, 5.74) is 1.18. The van der Waals surface area contributed by atoms with Crippen molar-refractivity contribution in [2.24, 2.45) is 0 Å². The summed E-state index contributed by atoms with van der Waals surface area (Å²) in [5, 5.41) is 0. The molecule has 0 amide bonds. The number of ether oxygens (including phenoxy) is 2. The van der Waals surface area contributed by atoms with Gasteiger partial charge >= 0.3 is 0 Å². The third-order valence-corrected chi connectivity index (χ3v) is 6.87. The number of pyridine rings is 1. The van der Waals surface area contributed by atoms with Crippen molar-refractivity contribution in [3.63, 3.8) is 0 Å². The molecule has 3 heterocycles. The highest BCUT2D eigenvalue weighted by Crippen LogP contribution is 2.34. The second kappa shape index (κ2) is 7.46. The minimum absolute atomic E-state index is 0.218. The van der Waals surface area contributed by atoms with Crippen LogP contribution in [0.25, 0.3) is 0 Å². The van der Waals surface area contributed by atoms with Gasteiger partial charge in [0.2, 0.25) is 10.0 Å². The van der Waals surface area contributed by atoms with Crippen LogP contribution >= 0.6 is 0 Å². The van der Waals surface area contributed by atoms with Crippen molar-refractivity contribution in [1.82, 2.24) is 14.2 Å². The summed E-state index contributed by atoms with van der Waals surface area (Å²) in [6, 6.07) is 9.02. The average molecular weight is 389 g/mol. The van der Waals surface area contributed by atoms with Gasteiger partial charge in [0.1, 0.15) is 13.2 Å². The lowest BCUT2D eigenvalue weighted by molar-refractivity contribution is 0.0862. The first-order valence-electron chi connectivity index (χ1n) is 9.10. The largest absolute Gasteiger partial charge is 0.486 e. The number of sulfonamides is 1. The summed E-state index contributed by atoms with van der Waals surface area (Å²) < 4.78 is 38.3. The molecule has 2 aliphatic rings. The number of rotatable bonds is 6. The predicted octanol–water partition coefficient (Wildman–Crippen LogP) is 1.75. The maximum Gasteiger partial charge on any atom is 0.243 e. The molecule has 0 spiro atoms. The SMILES string of the molecule is CCN(Cc1ccncc1)C1CN(S(=O)(=O)c2ccc3c(c2)OCCO3)C1. The van der Waals surface area contributed by atoms with Gasteiger partial charge in [0.05, 0.1) is 4.90 Å². The molecule has 8 heteroatoms. The quantitative estimate of drug-likeness (QED) is 0.750. The molecule has 2 aliphatic heterocycles. The summed E-state index contributed by atoms with van der Waals surface area (Å²) in [6.45, 7) is 5.66. The maximum absolute atomic E-state index is 12.9. The molecule has 0 bridgehead atoms. The lowest BCUT2D eigenvalue weighted by Gasteiger charge is -2.44. The molecule has 7 nitrogen and oxygen atoms in total. The van der Waals surface area contributed by atoms with Gasteiger partial charge in [0.15, 0.2) is 11.5 Å². The second-order valence-electron chi connectivity index (χ2n) is 6.70. The molecular weight excluding hydrogens is 366 g/mol. The molecule has 0 N–H and O–H groups in total. The minimum Gasteiger partial charge on any atom is -0.486 e. The Morgan fingerprint density at radius 1 is 1.11 bits per heavy atom. The van der Waals surface area contributed by atoms with E-state index < -0.39 is 10.0 Å². The molecule has 0 unspecified atom stereocenters. The molecule has 0 saturated carbocycles. The van der Waals surface area contributed by atoms with Gasteiger partial charge in [-0.2, -0.15) is 4.31 Å². The van der Waals surface area contributed by atoms with Gasteiger partial charge in [-0.25, -0.2) is 8.42 Å².